The second-order valence-electron chi connectivity index (χ2n) is 6.35. The SMILES string of the molecule is CCOc1ccc(Br)cc1C=NN1C(=O)[C@@H]2[C@H](C1=O)[C@H]1C=C[C@H]2C1. The van der Waals surface area contributed by atoms with Gasteiger partial charge in [0, 0.05) is 10.0 Å². The van der Waals surface area contributed by atoms with Gasteiger partial charge in [0.15, 0.2) is 0 Å². The van der Waals surface area contributed by atoms with E-state index in [0.29, 0.717) is 12.4 Å². The van der Waals surface area contributed by atoms with Crippen LogP contribution in [0.3, 0.4) is 0 Å². The minimum atomic E-state index is -0.224. The highest BCUT2D eigenvalue weighted by Crippen LogP contribution is 2.52. The van der Waals surface area contributed by atoms with Gasteiger partial charge in [0.1, 0.15) is 5.75 Å². The van der Waals surface area contributed by atoms with E-state index < -0.39 is 0 Å². The summed E-state index contributed by atoms with van der Waals surface area (Å²) in [4.78, 5) is 25.2. The molecule has 1 aromatic carbocycles. The maximum atomic E-state index is 12.6. The van der Waals surface area contributed by atoms with Crippen LogP contribution in [0.2, 0.25) is 0 Å². The number of hydrogen-bond donors (Lipinski definition) is 0. The lowest BCUT2D eigenvalue weighted by Gasteiger charge is -2.13. The van der Waals surface area contributed by atoms with Crippen LogP contribution in [0.25, 0.3) is 0 Å². The second kappa shape index (κ2) is 5.84. The number of hydrazone groups is 1. The first kappa shape index (κ1) is 15.6. The van der Waals surface area contributed by atoms with Gasteiger partial charge >= 0.3 is 0 Å². The minimum Gasteiger partial charge on any atom is -0.493 e. The Kier molecular flexibility index (Phi) is 3.79. The first-order valence-corrected chi connectivity index (χ1v) is 8.92. The van der Waals surface area contributed by atoms with Crippen molar-refractivity contribution in [1.29, 1.82) is 0 Å². The molecule has 2 amide bonds. The van der Waals surface area contributed by atoms with Crippen molar-refractivity contribution >= 4 is 34.0 Å². The monoisotopic (exact) mass is 388 g/mol. The molecule has 0 radical (unpaired) electrons. The summed E-state index contributed by atoms with van der Waals surface area (Å²) in [5.41, 5.74) is 0.727. The summed E-state index contributed by atoms with van der Waals surface area (Å²) in [5.74, 6) is 0.266. The van der Waals surface area contributed by atoms with Crippen molar-refractivity contribution in [2.75, 3.05) is 6.61 Å². The molecule has 2 aliphatic carbocycles. The van der Waals surface area contributed by atoms with Crippen molar-refractivity contribution in [2.45, 2.75) is 13.3 Å². The van der Waals surface area contributed by atoms with Crippen molar-refractivity contribution in [3.63, 3.8) is 0 Å². The van der Waals surface area contributed by atoms with Crippen LogP contribution in [0.4, 0.5) is 0 Å². The summed E-state index contributed by atoms with van der Waals surface area (Å²) in [7, 11) is 0. The van der Waals surface area contributed by atoms with Gasteiger partial charge in [-0.05, 0) is 43.4 Å². The van der Waals surface area contributed by atoms with Crippen LogP contribution in [-0.2, 0) is 9.59 Å². The average molecular weight is 389 g/mol. The number of ether oxygens (including phenoxy) is 1. The predicted octanol–water partition coefficient (Wildman–Crippen LogP) is 2.99. The Labute approximate surface area is 148 Å². The van der Waals surface area contributed by atoms with Crippen LogP contribution in [0, 0.1) is 23.7 Å². The smallest absolute Gasteiger partial charge is 0.254 e. The molecular formula is C18H17BrN2O3. The minimum absolute atomic E-state index is 0.175. The van der Waals surface area contributed by atoms with E-state index in [-0.39, 0.29) is 35.5 Å². The fourth-order valence-electron chi connectivity index (χ4n) is 4.03. The molecule has 6 heteroatoms. The largest absolute Gasteiger partial charge is 0.493 e. The first-order valence-electron chi connectivity index (χ1n) is 8.12. The Morgan fingerprint density at radius 2 is 1.92 bits per heavy atom. The molecule has 0 aromatic heterocycles. The molecule has 1 saturated heterocycles. The van der Waals surface area contributed by atoms with Gasteiger partial charge < -0.3 is 4.74 Å². The van der Waals surface area contributed by atoms with Crippen LogP contribution in [-0.4, -0.2) is 29.6 Å². The summed E-state index contributed by atoms with van der Waals surface area (Å²) < 4.78 is 6.45. The number of fused-ring (bicyclic) bond motifs is 5. The predicted molar refractivity (Wildman–Crippen MR) is 92.5 cm³/mol. The number of halogens is 1. The third-order valence-corrected chi connectivity index (χ3v) is 5.52. The number of carbonyl (C=O) groups excluding carboxylic acids is 2. The van der Waals surface area contributed by atoms with Gasteiger partial charge in [-0.3, -0.25) is 9.59 Å². The molecule has 1 aromatic rings. The molecule has 1 saturated carbocycles. The van der Waals surface area contributed by atoms with Gasteiger partial charge in [0.2, 0.25) is 0 Å². The van der Waals surface area contributed by atoms with Crippen molar-refractivity contribution in [2.24, 2.45) is 28.8 Å². The quantitative estimate of drug-likeness (QED) is 0.452. The van der Waals surface area contributed by atoms with Crippen LogP contribution < -0.4 is 4.74 Å². The Balaban J connectivity index is 1.60. The third kappa shape index (κ3) is 2.32. The van der Waals surface area contributed by atoms with E-state index in [9.17, 15) is 9.59 Å². The standard InChI is InChI=1S/C18H17BrN2O3/c1-2-24-14-6-5-13(19)8-12(14)9-20-21-17(22)15-10-3-4-11(7-10)16(15)18(21)23/h3-6,8-11,15-16H,2,7H2,1H3/t10-,11-,15-,16+/m0/s1. The zero-order valence-corrected chi connectivity index (χ0v) is 14.8. The molecule has 1 aliphatic heterocycles. The van der Waals surface area contributed by atoms with E-state index in [2.05, 4.69) is 33.2 Å². The summed E-state index contributed by atoms with van der Waals surface area (Å²) >= 11 is 3.42. The number of amides is 2. The van der Waals surface area contributed by atoms with Gasteiger partial charge in [-0.15, -0.1) is 0 Å². The molecule has 0 N–H and O–H groups in total. The topological polar surface area (TPSA) is 59.0 Å². The Bertz CT molecular complexity index is 744. The highest BCUT2D eigenvalue weighted by Gasteiger charge is 2.59. The van der Waals surface area contributed by atoms with E-state index >= 15 is 0 Å². The average Bonchev–Trinajstić information content (AvgIpc) is 3.23. The molecule has 1 heterocycles. The molecule has 24 heavy (non-hydrogen) atoms. The lowest BCUT2D eigenvalue weighted by atomic mass is 9.85. The summed E-state index contributed by atoms with van der Waals surface area (Å²) in [6, 6.07) is 5.56. The van der Waals surface area contributed by atoms with E-state index in [1.54, 1.807) is 0 Å². The Hall–Kier alpha value is -1.95. The van der Waals surface area contributed by atoms with Crippen LogP contribution >= 0.6 is 15.9 Å². The molecule has 0 spiro atoms. The summed E-state index contributed by atoms with van der Waals surface area (Å²) in [5, 5.41) is 5.25. The van der Waals surface area contributed by atoms with Gasteiger partial charge in [-0.25, -0.2) is 0 Å². The molecule has 4 rings (SSSR count). The van der Waals surface area contributed by atoms with Gasteiger partial charge in [-0.1, -0.05) is 28.1 Å². The number of hydrogen-bond acceptors (Lipinski definition) is 4. The Morgan fingerprint density at radius 1 is 1.25 bits per heavy atom. The zero-order chi connectivity index (χ0) is 16.8. The van der Waals surface area contributed by atoms with Crippen LogP contribution in [0.5, 0.6) is 5.75 Å². The van der Waals surface area contributed by atoms with Crippen LogP contribution in [0.1, 0.15) is 18.9 Å². The van der Waals surface area contributed by atoms with E-state index in [1.807, 2.05) is 25.1 Å². The van der Waals surface area contributed by atoms with Gasteiger partial charge in [0.05, 0.1) is 24.7 Å². The van der Waals surface area contributed by atoms with Gasteiger partial charge in [0.25, 0.3) is 11.8 Å². The highest BCUT2D eigenvalue weighted by molar-refractivity contribution is 9.10. The number of imide groups is 1. The maximum absolute atomic E-state index is 12.6. The number of benzene rings is 1. The second-order valence-corrected chi connectivity index (χ2v) is 7.26. The lowest BCUT2D eigenvalue weighted by molar-refractivity contribution is -0.140. The van der Waals surface area contributed by atoms with E-state index in [4.69, 9.17) is 4.74 Å². The maximum Gasteiger partial charge on any atom is 0.254 e. The number of rotatable bonds is 4. The number of nitrogens with zero attached hydrogens (tertiary/aromatic N) is 2. The molecule has 5 nitrogen and oxygen atoms in total. The molecule has 4 atom stereocenters. The van der Waals surface area contributed by atoms with Crippen LogP contribution in [0.15, 0.2) is 39.9 Å². The Morgan fingerprint density at radius 3 is 2.54 bits per heavy atom. The first-order chi connectivity index (χ1) is 11.6. The molecule has 124 valence electrons. The van der Waals surface area contributed by atoms with E-state index in [1.165, 1.54) is 6.21 Å². The molecule has 3 aliphatic rings. The normalized spacial score (nSPS) is 30.7. The van der Waals surface area contributed by atoms with Crippen molar-refractivity contribution < 1.29 is 14.3 Å². The summed E-state index contributed by atoms with van der Waals surface area (Å²) in [6.45, 7) is 2.43. The lowest BCUT2D eigenvalue weighted by Crippen LogP contribution is -2.28. The summed E-state index contributed by atoms with van der Waals surface area (Å²) in [6.07, 6.45) is 6.60. The fourth-order valence-corrected chi connectivity index (χ4v) is 4.41. The van der Waals surface area contributed by atoms with Crippen molar-refractivity contribution in [1.82, 2.24) is 5.01 Å². The van der Waals surface area contributed by atoms with Crippen molar-refractivity contribution in [3.05, 3.63) is 40.4 Å². The number of carbonyl (C=O) groups is 2. The highest BCUT2D eigenvalue weighted by atomic mass is 79.9. The number of allylic oxidation sites excluding steroid dienone is 2. The molecule has 0 unspecified atom stereocenters. The molecular weight excluding hydrogens is 372 g/mol. The van der Waals surface area contributed by atoms with Crippen molar-refractivity contribution in [3.8, 4) is 5.75 Å². The van der Waals surface area contributed by atoms with E-state index in [0.717, 1.165) is 21.5 Å². The van der Waals surface area contributed by atoms with Gasteiger partial charge in [-0.2, -0.15) is 10.1 Å². The molecule has 2 bridgehead atoms. The molecule has 2 fully saturated rings. The zero-order valence-electron chi connectivity index (χ0n) is 13.2. The third-order valence-electron chi connectivity index (χ3n) is 5.03. The fraction of sp³-hybridized carbons (Fsp3) is 0.389.